The Morgan fingerprint density at radius 2 is 1.52 bits per heavy atom. The number of thiazole rings is 1. The number of anilines is 1. The van der Waals surface area contributed by atoms with Crippen molar-refractivity contribution in [3.63, 3.8) is 0 Å². The van der Waals surface area contributed by atoms with Crippen LogP contribution in [0.2, 0.25) is 0 Å². The molecule has 0 unspecified atom stereocenters. The number of rotatable bonds is 7. The third kappa shape index (κ3) is 4.57. The van der Waals surface area contributed by atoms with E-state index in [2.05, 4.69) is 129 Å². The fourth-order valence-electron chi connectivity index (χ4n) is 6.01. The molecule has 5 aromatic rings. The summed E-state index contributed by atoms with van der Waals surface area (Å²) in [7, 11) is 0. The van der Waals surface area contributed by atoms with Crippen LogP contribution in [0.4, 0.5) is 5.69 Å². The third-order valence-electron chi connectivity index (χ3n) is 8.06. The van der Waals surface area contributed by atoms with Gasteiger partial charge in [-0.15, -0.1) is 0 Å². The molecule has 0 aliphatic carbocycles. The lowest BCUT2D eigenvalue weighted by Gasteiger charge is -2.20. The Morgan fingerprint density at radius 1 is 0.825 bits per heavy atom. The van der Waals surface area contributed by atoms with Crippen molar-refractivity contribution in [3.8, 4) is 0 Å². The largest absolute Gasteiger partial charge is 0.335 e. The number of nitrogens with zero attached hydrogens (tertiary/aromatic N) is 2. The van der Waals surface area contributed by atoms with Crippen molar-refractivity contribution in [2.75, 3.05) is 11.4 Å². The molecule has 1 aliphatic heterocycles. The van der Waals surface area contributed by atoms with Gasteiger partial charge in [0, 0.05) is 22.4 Å². The fraction of sp³-hybridized carbons (Fsp3) is 0.250. The van der Waals surface area contributed by atoms with Gasteiger partial charge in [-0.25, -0.2) is 0 Å². The van der Waals surface area contributed by atoms with Crippen LogP contribution in [0.1, 0.15) is 52.5 Å². The van der Waals surface area contributed by atoms with Crippen LogP contribution in [0.3, 0.4) is 0 Å². The summed E-state index contributed by atoms with van der Waals surface area (Å²) in [4.78, 5) is 3.85. The monoisotopic (exact) mass is 561 g/mol. The number of hydrogen-bond acceptors (Lipinski definition) is 3. The van der Waals surface area contributed by atoms with Crippen LogP contribution >= 0.6 is 23.1 Å². The summed E-state index contributed by atoms with van der Waals surface area (Å²) in [6.07, 6.45) is 6.90. The highest BCUT2D eigenvalue weighted by Crippen LogP contribution is 2.49. The van der Waals surface area contributed by atoms with Crippen molar-refractivity contribution in [3.05, 3.63) is 106 Å². The van der Waals surface area contributed by atoms with Crippen molar-refractivity contribution in [1.82, 2.24) is 0 Å². The second kappa shape index (κ2) is 11.3. The number of benzene rings is 4. The Labute approximate surface area is 246 Å². The van der Waals surface area contributed by atoms with Crippen LogP contribution < -0.4 is 9.47 Å². The molecular formula is C36H37N2S2+. The minimum absolute atomic E-state index is 0.957. The topological polar surface area (TPSA) is 7.12 Å². The molecular weight excluding hydrogens is 525 g/mol. The number of allylic oxidation sites excluding steroid dienone is 5. The maximum absolute atomic E-state index is 2.53. The Balaban J connectivity index is 1.43. The van der Waals surface area contributed by atoms with E-state index in [1.165, 1.54) is 69.1 Å². The summed E-state index contributed by atoms with van der Waals surface area (Å²) in [6.45, 7) is 13.3. The van der Waals surface area contributed by atoms with Gasteiger partial charge in [0.25, 0.3) is 5.01 Å². The molecule has 2 nitrogen and oxygen atoms in total. The second-order valence-electron chi connectivity index (χ2n) is 10.3. The van der Waals surface area contributed by atoms with E-state index in [0.717, 1.165) is 25.9 Å². The van der Waals surface area contributed by atoms with E-state index < -0.39 is 0 Å². The number of thioether (sulfide) groups is 1. The second-order valence-corrected chi connectivity index (χ2v) is 12.4. The summed E-state index contributed by atoms with van der Waals surface area (Å²) in [5, 5.41) is 8.00. The third-order valence-corrected chi connectivity index (χ3v) is 10.4. The van der Waals surface area contributed by atoms with Crippen LogP contribution in [-0.2, 0) is 6.54 Å². The van der Waals surface area contributed by atoms with E-state index in [9.17, 15) is 0 Å². The van der Waals surface area contributed by atoms with E-state index in [-0.39, 0.29) is 0 Å². The van der Waals surface area contributed by atoms with Gasteiger partial charge >= 0.3 is 0 Å². The van der Waals surface area contributed by atoms with E-state index in [0.29, 0.717) is 0 Å². The average molecular weight is 562 g/mol. The number of hydrogen-bond donors (Lipinski definition) is 0. The van der Waals surface area contributed by atoms with Crippen molar-refractivity contribution in [2.24, 2.45) is 0 Å². The summed E-state index contributed by atoms with van der Waals surface area (Å²) in [6, 6.07) is 26.6. The highest BCUT2D eigenvalue weighted by atomic mass is 32.2. The first-order valence-corrected chi connectivity index (χ1v) is 16.1. The van der Waals surface area contributed by atoms with Gasteiger partial charge in [-0.1, -0.05) is 91.5 Å². The zero-order valence-corrected chi connectivity index (χ0v) is 25.8. The Bertz CT molecular complexity index is 1840. The molecule has 0 spiro atoms. The Hall–Kier alpha value is -3.34. The zero-order chi connectivity index (χ0) is 27.8. The fourth-order valence-corrected chi connectivity index (χ4v) is 8.54. The molecule has 0 amide bonds. The van der Waals surface area contributed by atoms with E-state index >= 15 is 0 Å². The lowest BCUT2D eigenvalue weighted by Crippen LogP contribution is -2.34. The lowest BCUT2D eigenvalue weighted by atomic mass is 10.0. The molecule has 1 aromatic heterocycles. The Kier molecular flexibility index (Phi) is 7.57. The molecule has 0 radical (unpaired) electrons. The van der Waals surface area contributed by atoms with Gasteiger partial charge in [0.1, 0.15) is 11.2 Å². The standard InChI is InChI=1S/C36H37N2S2/c1-6-25(23-33-37(8-3)34-29-16-12-10-14-27(29)18-20-31(34)39-33)24(5)22-26(7-2)36-38(9-4)35-30-17-13-11-15-28(30)19-21-32(35)40-36/h10-23H,6-9H2,1-5H3/q+1. The lowest BCUT2D eigenvalue weighted by molar-refractivity contribution is -0.665. The predicted molar refractivity (Wildman–Crippen MR) is 177 cm³/mol. The Morgan fingerprint density at radius 3 is 2.23 bits per heavy atom. The van der Waals surface area contributed by atoms with Crippen molar-refractivity contribution in [2.45, 2.75) is 58.9 Å². The molecule has 1 aliphatic rings. The maximum atomic E-state index is 2.53. The van der Waals surface area contributed by atoms with Gasteiger partial charge in [-0.2, -0.15) is 4.57 Å². The molecule has 2 heterocycles. The van der Waals surface area contributed by atoms with Gasteiger partial charge in [-0.05, 0) is 85.9 Å². The minimum atomic E-state index is 0.957. The quantitative estimate of drug-likeness (QED) is 0.144. The molecule has 0 saturated heterocycles. The summed E-state index contributed by atoms with van der Waals surface area (Å²) >= 11 is 3.84. The van der Waals surface area contributed by atoms with Crippen LogP contribution in [0.15, 0.2) is 106 Å². The molecule has 202 valence electrons. The van der Waals surface area contributed by atoms with Crippen molar-refractivity contribution < 1.29 is 4.57 Å². The SMILES string of the molecule is CC\C(=C/C(C)=C(/C=C1\Sc2ccc3ccccc3c2N1CC)CC)c1sc2ccc3ccccc3c2[n+]1CC. The van der Waals surface area contributed by atoms with Gasteiger partial charge in [-0.3, -0.25) is 0 Å². The highest BCUT2D eigenvalue weighted by Gasteiger charge is 2.27. The van der Waals surface area contributed by atoms with E-state index in [1.54, 1.807) is 0 Å². The smallest absolute Gasteiger partial charge is 0.265 e. The molecule has 0 bridgehead atoms. The first-order chi connectivity index (χ1) is 19.6. The first kappa shape index (κ1) is 26.9. The number of aryl methyl sites for hydroxylation is 1. The van der Waals surface area contributed by atoms with Crippen molar-refractivity contribution >= 4 is 66.1 Å². The van der Waals surface area contributed by atoms with E-state index in [4.69, 9.17) is 0 Å². The molecule has 0 saturated carbocycles. The van der Waals surface area contributed by atoms with Gasteiger partial charge < -0.3 is 4.90 Å². The van der Waals surface area contributed by atoms with Crippen LogP contribution in [0, 0.1) is 0 Å². The summed E-state index contributed by atoms with van der Waals surface area (Å²) in [5.74, 6) is 0. The van der Waals surface area contributed by atoms with Gasteiger partial charge in [0.2, 0.25) is 5.52 Å². The van der Waals surface area contributed by atoms with Crippen molar-refractivity contribution in [1.29, 1.82) is 0 Å². The van der Waals surface area contributed by atoms with E-state index in [1.807, 2.05) is 23.1 Å². The minimum Gasteiger partial charge on any atom is -0.335 e. The molecule has 0 N–H and O–H groups in total. The van der Waals surface area contributed by atoms with Crippen LogP contribution in [0.5, 0.6) is 0 Å². The normalized spacial score (nSPS) is 15.5. The zero-order valence-electron chi connectivity index (χ0n) is 24.1. The summed E-state index contributed by atoms with van der Waals surface area (Å²) in [5.41, 5.74) is 6.89. The highest BCUT2D eigenvalue weighted by molar-refractivity contribution is 8.03. The molecule has 0 fully saturated rings. The van der Waals surface area contributed by atoms with Gasteiger partial charge in [0.15, 0.2) is 0 Å². The molecule has 4 aromatic carbocycles. The predicted octanol–water partition coefficient (Wildman–Crippen LogP) is 10.5. The molecule has 4 heteroatoms. The number of fused-ring (bicyclic) bond motifs is 6. The van der Waals surface area contributed by atoms with Gasteiger partial charge in [0.05, 0.1) is 16.1 Å². The first-order valence-electron chi connectivity index (χ1n) is 14.5. The molecule has 0 atom stereocenters. The maximum Gasteiger partial charge on any atom is 0.265 e. The number of aromatic nitrogens is 1. The molecule has 6 rings (SSSR count). The molecule has 40 heavy (non-hydrogen) atoms. The summed E-state index contributed by atoms with van der Waals surface area (Å²) < 4.78 is 3.89. The average Bonchev–Trinajstić information content (AvgIpc) is 3.56. The van der Waals surface area contributed by atoms with Crippen LogP contribution in [-0.4, -0.2) is 6.54 Å². The van der Waals surface area contributed by atoms with Crippen LogP contribution in [0.25, 0.3) is 37.3 Å².